The number of carbonyl (C=O) groups excluding carboxylic acids is 2. The zero-order valence-electron chi connectivity index (χ0n) is 9.39. The van der Waals surface area contributed by atoms with Crippen molar-refractivity contribution in [3.63, 3.8) is 0 Å². The van der Waals surface area contributed by atoms with Crippen LogP contribution < -0.4 is 0 Å². The van der Waals surface area contributed by atoms with Crippen molar-refractivity contribution in [3.8, 4) is 0 Å². The van der Waals surface area contributed by atoms with E-state index in [9.17, 15) is 9.59 Å². The molecule has 0 saturated carbocycles. The molecule has 0 aromatic carbocycles. The van der Waals surface area contributed by atoms with E-state index >= 15 is 0 Å². The van der Waals surface area contributed by atoms with Crippen LogP contribution in [0, 0.1) is 10.8 Å². The number of hydrogen-bond acceptors (Lipinski definition) is 2. The van der Waals surface area contributed by atoms with Gasteiger partial charge >= 0.3 is 0 Å². The van der Waals surface area contributed by atoms with Crippen LogP contribution in [-0.4, -0.2) is 12.1 Å². The molecular weight excluding hydrogens is 176 g/mol. The van der Waals surface area contributed by atoms with E-state index in [0.29, 0.717) is 5.57 Å². The van der Waals surface area contributed by atoms with Gasteiger partial charge in [-0.05, 0) is 26.7 Å². The van der Waals surface area contributed by atoms with Gasteiger partial charge in [0.05, 0.1) is 0 Å². The van der Waals surface area contributed by atoms with Crippen LogP contribution in [0.1, 0.15) is 40.5 Å². The lowest BCUT2D eigenvalue weighted by Crippen LogP contribution is -2.35. The maximum absolute atomic E-state index is 12.0. The molecule has 0 aliphatic heterocycles. The summed E-state index contributed by atoms with van der Waals surface area (Å²) in [5, 5.41) is 0. The van der Waals surface area contributed by atoms with Crippen LogP contribution in [0.4, 0.5) is 0 Å². The van der Waals surface area contributed by atoms with Gasteiger partial charge in [-0.2, -0.15) is 0 Å². The second-order valence-electron chi connectivity index (χ2n) is 5.21. The molecule has 0 aromatic rings. The van der Waals surface area contributed by atoms with Crippen LogP contribution in [-0.2, 0) is 9.59 Å². The van der Waals surface area contributed by atoms with Gasteiger partial charge in [-0.15, -0.1) is 0 Å². The predicted octanol–water partition coefficient (Wildman–Crippen LogP) is 2.53. The Morgan fingerprint density at radius 3 is 2.50 bits per heavy atom. The van der Waals surface area contributed by atoms with Gasteiger partial charge in [-0.3, -0.25) is 4.79 Å². The standard InChI is InChI=1S/C12H18O2/c1-11(2)7-5-6-9(10(11)14)12(3,4)8-13/h6,8H,5,7H2,1-4H3. The number of hydrogen-bond donors (Lipinski definition) is 0. The molecule has 0 atom stereocenters. The molecule has 0 radical (unpaired) electrons. The Balaban J connectivity index is 3.07. The van der Waals surface area contributed by atoms with Crippen LogP contribution in [0.5, 0.6) is 0 Å². The molecule has 0 aromatic heterocycles. The molecule has 0 spiro atoms. The van der Waals surface area contributed by atoms with Gasteiger partial charge in [0, 0.05) is 16.4 Å². The molecule has 14 heavy (non-hydrogen) atoms. The Morgan fingerprint density at radius 2 is 2.00 bits per heavy atom. The van der Waals surface area contributed by atoms with Gasteiger partial charge in [0.15, 0.2) is 5.78 Å². The highest BCUT2D eigenvalue weighted by molar-refractivity contribution is 6.03. The van der Waals surface area contributed by atoms with Gasteiger partial charge < -0.3 is 4.79 Å². The first-order valence-electron chi connectivity index (χ1n) is 5.03. The van der Waals surface area contributed by atoms with Gasteiger partial charge in [0.25, 0.3) is 0 Å². The van der Waals surface area contributed by atoms with Crippen LogP contribution in [0.3, 0.4) is 0 Å². The third-order valence-corrected chi connectivity index (χ3v) is 2.97. The summed E-state index contributed by atoms with van der Waals surface area (Å²) in [6.07, 6.45) is 4.55. The van der Waals surface area contributed by atoms with Crippen molar-refractivity contribution in [1.29, 1.82) is 0 Å². The van der Waals surface area contributed by atoms with Gasteiger partial charge in [0.1, 0.15) is 6.29 Å². The molecule has 0 unspecified atom stereocenters. The van der Waals surface area contributed by atoms with Crippen molar-refractivity contribution in [3.05, 3.63) is 11.6 Å². The topological polar surface area (TPSA) is 34.1 Å². The Bertz CT molecular complexity index is 295. The highest BCUT2D eigenvalue weighted by Gasteiger charge is 2.38. The normalized spacial score (nSPS) is 21.7. The fourth-order valence-electron chi connectivity index (χ4n) is 1.77. The smallest absolute Gasteiger partial charge is 0.165 e. The van der Waals surface area contributed by atoms with Crippen molar-refractivity contribution in [1.82, 2.24) is 0 Å². The molecule has 0 N–H and O–H groups in total. The zero-order valence-corrected chi connectivity index (χ0v) is 9.39. The van der Waals surface area contributed by atoms with Crippen LogP contribution in [0.2, 0.25) is 0 Å². The molecule has 1 aliphatic rings. The Labute approximate surface area is 85.4 Å². The van der Waals surface area contributed by atoms with E-state index in [0.717, 1.165) is 19.1 Å². The highest BCUT2D eigenvalue weighted by atomic mass is 16.1. The van der Waals surface area contributed by atoms with Crippen molar-refractivity contribution < 1.29 is 9.59 Å². The number of allylic oxidation sites excluding steroid dienone is 2. The van der Waals surface area contributed by atoms with Gasteiger partial charge in [0.2, 0.25) is 0 Å². The number of Topliss-reactive ketones (excluding diaryl/α,β-unsaturated/α-hetero) is 1. The van der Waals surface area contributed by atoms with Crippen molar-refractivity contribution in [2.45, 2.75) is 40.5 Å². The summed E-state index contributed by atoms with van der Waals surface area (Å²) in [7, 11) is 0. The molecule has 2 heteroatoms. The molecule has 1 aliphatic carbocycles. The lowest BCUT2D eigenvalue weighted by Gasteiger charge is -2.33. The molecular formula is C12H18O2. The first kappa shape index (κ1) is 11.2. The summed E-state index contributed by atoms with van der Waals surface area (Å²) in [5.41, 5.74) is -0.247. The first-order valence-corrected chi connectivity index (χ1v) is 5.03. The average Bonchev–Trinajstić information content (AvgIpc) is 2.09. The Morgan fingerprint density at radius 1 is 1.43 bits per heavy atom. The fraction of sp³-hybridized carbons (Fsp3) is 0.667. The minimum Gasteiger partial charge on any atom is -0.302 e. The molecule has 0 bridgehead atoms. The predicted molar refractivity (Wildman–Crippen MR) is 56.0 cm³/mol. The van der Waals surface area contributed by atoms with E-state index in [1.807, 2.05) is 19.9 Å². The quantitative estimate of drug-likeness (QED) is 0.633. The van der Waals surface area contributed by atoms with Gasteiger partial charge in [-0.1, -0.05) is 19.9 Å². The monoisotopic (exact) mass is 194 g/mol. The second-order valence-corrected chi connectivity index (χ2v) is 5.21. The Kier molecular flexibility index (Phi) is 2.66. The number of ketones is 1. The zero-order chi connectivity index (χ0) is 11.0. The molecule has 0 saturated heterocycles. The third-order valence-electron chi connectivity index (χ3n) is 2.97. The Hall–Kier alpha value is -0.920. The SMILES string of the molecule is CC(C)(C=O)C1=CCCC(C)(C)C1=O. The summed E-state index contributed by atoms with van der Waals surface area (Å²) in [6, 6.07) is 0. The maximum Gasteiger partial charge on any atom is 0.165 e. The van der Waals surface area contributed by atoms with Gasteiger partial charge in [-0.25, -0.2) is 0 Å². The van der Waals surface area contributed by atoms with E-state index in [1.165, 1.54) is 0 Å². The summed E-state index contributed by atoms with van der Waals surface area (Å²) in [5.74, 6) is 0.126. The van der Waals surface area contributed by atoms with E-state index in [-0.39, 0.29) is 11.2 Å². The molecule has 78 valence electrons. The van der Waals surface area contributed by atoms with E-state index in [4.69, 9.17) is 0 Å². The highest BCUT2D eigenvalue weighted by Crippen LogP contribution is 2.38. The van der Waals surface area contributed by atoms with E-state index in [2.05, 4.69) is 0 Å². The average molecular weight is 194 g/mol. The van der Waals surface area contributed by atoms with Crippen molar-refractivity contribution >= 4 is 12.1 Å². The van der Waals surface area contributed by atoms with E-state index in [1.54, 1.807) is 13.8 Å². The first-order chi connectivity index (χ1) is 6.31. The molecule has 0 fully saturated rings. The van der Waals surface area contributed by atoms with Crippen LogP contribution in [0.15, 0.2) is 11.6 Å². The number of rotatable bonds is 2. The molecule has 0 amide bonds. The summed E-state index contributed by atoms with van der Waals surface area (Å²) >= 11 is 0. The van der Waals surface area contributed by atoms with Crippen LogP contribution >= 0.6 is 0 Å². The molecule has 2 nitrogen and oxygen atoms in total. The largest absolute Gasteiger partial charge is 0.302 e. The van der Waals surface area contributed by atoms with Crippen molar-refractivity contribution in [2.75, 3.05) is 0 Å². The minimum atomic E-state index is -0.630. The third kappa shape index (κ3) is 1.79. The van der Waals surface area contributed by atoms with Crippen LogP contribution in [0.25, 0.3) is 0 Å². The fourth-order valence-corrected chi connectivity index (χ4v) is 1.77. The second kappa shape index (κ2) is 3.34. The van der Waals surface area contributed by atoms with E-state index < -0.39 is 5.41 Å². The number of aldehydes is 1. The molecule has 0 heterocycles. The van der Waals surface area contributed by atoms with Crippen molar-refractivity contribution in [2.24, 2.45) is 10.8 Å². The maximum atomic E-state index is 12.0. The number of carbonyl (C=O) groups is 2. The summed E-state index contributed by atoms with van der Waals surface area (Å²) < 4.78 is 0. The molecule has 1 rings (SSSR count). The summed E-state index contributed by atoms with van der Waals surface area (Å²) in [4.78, 5) is 22.9. The lowest BCUT2D eigenvalue weighted by atomic mass is 9.69. The summed E-state index contributed by atoms with van der Waals surface area (Å²) in [6.45, 7) is 7.49. The lowest BCUT2D eigenvalue weighted by molar-refractivity contribution is -0.127. The minimum absolute atomic E-state index is 0.126.